The van der Waals surface area contributed by atoms with Crippen LogP contribution < -0.4 is 10.6 Å². The summed E-state index contributed by atoms with van der Waals surface area (Å²) in [6, 6.07) is 7.54. The first-order chi connectivity index (χ1) is 10.6. The number of thioether (sulfide) groups is 1. The highest BCUT2D eigenvalue weighted by atomic mass is 32.2. The van der Waals surface area contributed by atoms with Crippen LogP contribution in [-0.4, -0.2) is 24.1 Å². The Morgan fingerprint density at radius 3 is 2.45 bits per heavy atom. The van der Waals surface area contributed by atoms with Crippen LogP contribution in [0.2, 0.25) is 0 Å². The summed E-state index contributed by atoms with van der Waals surface area (Å²) in [5.74, 6) is 1.12. The number of nitrogens with one attached hydrogen (secondary N) is 2. The van der Waals surface area contributed by atoms with Gasteiger partial charge in [0, 0.05) is 24.1 Å². The van der Waals surface area contributed by atoms with Gasteiger partial charge in [-0.2, -0.15) is 0 Å². The fourth-order valence-electron chi connectivity index (χ4n) is 2.69. The highest BCUT2D eigenvalue weighted by Gasteiger charge is 2.14. The zero-order valence-electron chi connectivity index (χ0n) is 13.1. The Morgan fingerprint density at radius 1 is 1.14 bits per heavy atom. The lowest BCUT2D eigenvalue weighted by molar-refractivity contribution is -0.118. The Labute approximate surface area is 136 Å². The molecular weight excluding hydrogens is 296 g/mol. The van der Waals surface area contributed by atoms with Crippen molar-refractivity contribution in [2.24, 2.45) is 5.92 Å². The van der Waals surface area contributed by atoms with Crippen molar-refractivity contribution in [1.82, 2.24) is 5.32 Å². The molecule has 1 aromatic rings. The summed E-state index contributed by atoms with van der Waals surface area (Å²) in [5.41, 5.74) is 0.776. The second-order valence-electron chi connectivity index (χ2n) is 5.80. The molecule has 0 bridgehead atoms. The average Bonchev–Trinajstić information content (AvgIpc) is 2.53. The van der Waals surface area contributed by atoms with Crippen LogP contribution in [0.5, 0.6) is 0 Å². The second kappa shape index (κ2) is 8.83. The molecule has 0 aliphatic heterocycles. The molecule has 2 amide bonds. The Bertz CT molecular complexity index is 496. The SMILES string of the molecule is CC(=O)Nc1ccc(SCC(=O)NCC2CCCCC2)cc1. The van der Waals surface area contributed by atoms with E-state index in [9.17, 15) is 9.59 Å². The summed E-state index contributed by atoms with van der Waals surface area (Å²) in [6.45, 7) is 2.31. The molecule has 0 unspecified atom stereocenters. The van der Waals surface area contributed by atoms with Gasteiger partial charge in [0.1, 0.15) is 0 Å². The lowest BCUT2D eigenvalue weighted by atomic mass is 9.89. The molecule has 0 spiro atoms. The third-order valence-corrected chi connectivity index (χ3v) is 4.87. The maximum Gasteiger partial charge on any atom is 0.230 e. The number of carbonyl (C=O) groups is 2. The van der Waals surface area contributed by atoms with E-state index in [1.807, 2.05) is 24.3 Å². The molecule has 0 radical (unpaired) electrons. The van der Waals surface area contributed by atoms with Crippen molar-refractivity contribution in [1.29, 1.82) is 0 Å². The van der Waals surface area contributed by atoms with Gasteiger partial charge in [-0.25, -0.2) is 0 Å². The maximum atomic E-state index is 11.9. The first kappa shape index (κ1) is 16.9. The van der Waals surface area contributed by atoms with E-state index in [0.29, 0.717) is 11.7 Å². The summed E-state index contributed by atoms with van der Waals surface area (Å²) in [5, 5.41) is 5.77. The van der Waals surface area contributed by atoms with Crippen LogP contribution in [0.3, 0.4) is 0 Å². The van der Waals surface area contributed by atoms with Gasteiger partial charge < -0.3 is 10.6 Å². The third-order valence-electron chi connectivity index (χ3n) is 3.86. The van der Waals surface area contributed by atoms with E-state index < -0.39 is 0 Å². The first-order valence-corrected chi connectivity index (χ1v) is 8.89. The van der Waals surface area contributed by atoms with E-state index in [-0.39, 0.29) is 11.8 Å². The van der Waals surface area contributed by atoms with E-state index in [1.165, 1.54) is 50.8 Å². The molecular formula is C17H24N2O2S. The standard InChI is InChI=1S/C17H24N2O2S/c1-13(20)19-15-7-9-16(10-8-15)22-12-17(21)18-11-14-5-3-2-4-6-14/h7-10,14H,2-6,11-12H2,1H3,(H,18,21)(H,19,20). The fraction of sp³-hybridized carbons (Fsp3) is 0.529. The van der Waals surface area contributed by atoms with Gasteiger partial charge in [-0.1, -0.05) is 19.3 Å². The van der Waals surface area contributed by atoms with Crippen LogP contribution in [0.15, 0.2) is 29.2 Å². The molecule has 1 saturated carbocycles. The molecule has 2 rings (SSSR count). The van der Waals surface area contributed by atoms with E-state index in [2.05, 4.69) is 10.6 Å². The van der Waals surface area contributed by atoms with Gasteiger partial charge in [0.25, 0.3) is 0 Å². The largest absolute Gasteiger partial charge is 0.355 e. The zero-order valence-corrected chi connectivity index (χ0v) is 13.9. The molecule has 0 saturated heterocycles. The molecule has 1 fully saturated rings. The van der Waals surface area contributed by atoms with Gasteiger partial charge in [-0.15, -0.1) is 11.8 Å². The maximum absolute atomic E-state index is 11.9. The van der Waals surface area contributed by atoms with Crippen LogP contribution >= 0.6 is 11.8 Å². The number of anilines is 1. The van der Waals surface area contributed by atoms with Crippen molar-refractivity contribution >= 4 is 29.3 Å². The summed E-state index contributed by atoms with van der Waals surface area (Å²) in [4.78, 5) is 23.9. The van der Waals surface area contributed by atoms with Crippen molar-refractivity contribution in [3.63, 3.8) is 0 Å². The molecule has 22 heavy (non-hydrogen) atoms. The summed E-state index contributed by atoms with van der Waals surface area (Å²) >= 11 is 1.52. The highest BCUT2D eigenvalue weighted by Crippen LogP contribution is 2.23. The minimum atomic E-state index is -0.0810. The van der Waals surface area contributed by atoms with E-state index in [1.54, 1.807) is 0 Å². The number of benzene rings is 1. The molecule has 5 heteroatoms. The van der Waals surface area contributed by atoms with Gasteiger partial charge in [0.15, 0.2) is 0 Å². The molecule has 0 atom stereocenters. The number of rotatable bonds is 6. The second-order valence-corrected chi connectivity index (χ2v) is 6.85. The van der Waals surface area contributed by atoms with Crippen molar-refractivity contribution < 1.29 is 9.59 Å². The number of hydrogen-bond acceptors (Lipinski definition) is 3. The minimum Gasteiger partial charge on any atom is -0.355 e. The lowest BCUT2D eigenvalue weighted by Gasteiger charge is -2.21. The van der Waals surface area contributed by atoms with E-state index in [4.69, 9.17) is 0 Å². The monoisotopic (exact) mass is 320 g/mol. The number of amides is 2. The molecule has 1 aliphatic carbocycles. The molecule has 0 heterocycles. The minimum absolute atomic E-state index is 0.0810. The van der Waals surface area contributed by atoms with Crippen molar-refractivity contribution in [3.8, 4) is 0 Å². The zero-order chi connectivity index (χ0) is 15.8. The summed E-state index contributed by atoms with van der Waals surface area (Å²) in [7, 11) is 0. The van der Waals surface area contributed by atoms with Crippen molar-refractivity contribution in [2.75, 3.05) is 17.6 Å². The van der Waals surface area contributed by atoms with Crippen molar-refractivity contribution in [2.45, 2.75) is 43.9 Å². The summed E-state index contributed by atoms with van der Waals surface area (Å²) < 4.78 is 0. The Hall–Kier alpha value is -1.49. The van der Waals surface area contributed by atoms with E-state index >= 15 is 0 Å². The number of hydrogen-bond donors (Lipinski definition) is 2. The number of carbonyl (C=O) groups excluding carboxylic acids is 2. The van der Waals surface area contributed by atoms with Crippen LogP contribution in [0.4, 0.5) is 5.69 Å². The molecule has 2 N–H and O–H groups in total. The normalized spacial score (nSPS) is 15.3. The van der Waals surface area contributed by atoms with Gasteiger partial charge in [-0.05, 0) is 43.0 Å². The molecule has 0 aromatic heterocycles. The smallest absolute Gasteiger partial charge is 0.230 e. The highest BCUT2D eigenvalue weighted by molar-refractivity contribution is 8.00. The molecule has 120 valence electrons. The van der Waals surface area contributed by atoms with Crippen LogP contribution in [0.1, 0.15) is 39.0 Å². The average molecular weight is 320 g/mol. The van der Waals surface area contributed by atoms with Crippen LogP contribution in [0.25, 0.3) is 0 Å². The lowest BCUT2D eigenvalue weighted by Crippen LogP contribution is -2.31. The van der Waals surface area contributed by atoms with Crippen molar-refractivity contribution in [3.05, 3.63) is 24.3 Å². The molecule has 1 aliphatic rings. The van der Waals surface area contributed by atoms with Gasteiger partial charge in [-0.3, -0.25) is 9.59 Å². The van der Waals surface area contributed by atoms with E-state index in [0.717, 1.165) is 17.1 Å². The summed E-state index contributed by atoms with van der Waals surface area (Å²) in [6.07, 6.45) is 6.44. The van der Waals surface area contributed by atoms with Crippen LogP contribution in [-0.2, 0) is 9.59 Å². The molecule has 1 aromatic carbocycles. The predicted octanol–water partition coefficient (Wildman–Crippen LogP) is 3.43. The van der Waals surface area contributed by atoms with Gasteiger partial charge >= 0.3 is 0 Å². The fourth-order valence-corrected chi connectivity index (χ4v) is 3.42. The Morgan fingerprint density at radius 2 is 1.82 bits per heavy atom. The van der Waals surface area contributed by atoms with Crippen LogP contribution in [0, 0.1) is 5.92 Å². The first-order valence-electron chi connectivity index (χ1n) is 7.90. The topological polar surface area (TPSA) is 58.2 Å². The Balaban J connectivity index is 1.68. The predicted molar refractivity (Wildman–Crippen MR) is 91.1 cm³/mol. The van der Waals surface area contributed by atoms with Gasteiger partial charge in [0.2, 0.25) is 11.8 Å². The quantitative estimate of drug-likeness (QED) is 0.790. The van der Waals surface area contributed by atoms with Gasteiger partial charge in [0.05, 0.1) is 5.75 Å². The Kier molecular flexibility index (Phi) is 6.77. The molecule has 4 nitrogen and oxygen atoms in total. The third kappa shape index (κ3) is 6.10.